The molecular formula is C19H35N. The van der Waals surface area contributed by atoms with Crippen molar-refractivity contribution >= 4 is 0 Å². The van der Waals surface area contributed by atoms with E-state index in [4.69, 9.17) is 0 Å². The predicted molar refractivity (Wildman–Crippen MR) is 86.8 cm³/mol. The van der Waals surface area contributed by atoms with Crippen LogP contribution < -0.4 is 5.32 Å². The Balaban J connectivity index is 1.59. The largest absolute Gasteiger partial charge is 0.314 e. The van der Waals surface area contributed by atoms with E-state index >= 15 is 0 Å². The zero-order valence-corrected chi connectivity index (χ0v) is 13.6. The van der Waals surface area contributed by atoms with E-state index < -0.39 is 0 Å². The topological polar surface area (TPSA) is 12.0 Å². The minimum Gasteiger partial charge on any atom is -0.314 e. The molecule has 0 radical (unpaired) electrons. The average Bonchev–Trinajstić information content (AvgIpc) is 3.31. The number of nitrogens with one attached hydrogen (secondary N) is 1. The molecule has 3 atom stereocenters. The fraction of sp³-hybridized carbons (Fsp3) is 1.00. The molecule has 0 heterocycles. The SMILES string of the molecule is CCC1CCC(CNC2CC2)C(C2CCCCCC2)C1. The molecule has 3 fully saturated rings. The molecule has 0 saturated heterocycles. The van der Waals surface area contributed by atoms with Crippen molar-refractivity contribution in [3.8, 4) is 0 Å². The van der Waals surface area contributed by atoms with Gasteiger partial charge in [0.25, 0.3) is 0 Å². The summed E-state index contributed by atoms with van der Waals surface area (Å²) in [6.45, 7) is 3.75. The molecule has 0 aliphatic heterocycles. The van der Waals surface area contributed by atoms with Gasteiger partial charge in [0, 0.05) is 6.04 Å². The second kappa shape index (κ2) is 7.29. The smallest absolute Gasteiger partial charge is 0.00683 e. The summed E-state index contributed by atoms with van der Waals surface area (Å²) in [5.41, 5.74) is 0. The van der Waals surface area contributed by atoms with Gasteiger partial charge in [0.15, 0.2) is 0 Å². The van der Waals surface area contributed by atoms with Crippen LogP contribution >= 0.6 is 0 Å². The van der Waals surface area contributed by atoms with Crippen molar-refractivity contribution in [1.82, 2.24) is 5.32 Å². The van der Waals surface area contributed by atoms with Crippen LogP contribution in [0.2, 0.25) is 0 Å². The van der Waals surface area contributed by atoms with Gasteiger partial charge in [-0.3, -0.25) is 0 Å². The summed E-state index contributed by atoms with van der Waals surface area (Å²) >= 11 is 0. The van der Waals surface area contributed by atoms with Crippen LogP contribution in [0, 0.1) is 23.7 Å². The van der Waals surface area contributed by atoms with Crippen molar-refractivity contribution in [2.75, 3.05) is 6.54 Å². The quantitative estimate of drug-likeness (QED) is 0.685. The van der Waals surface area contributed by atoms with Crippen molar-refractivity contribution in [2.24, 2.45) is 23.7 Å². The fourth-order valence-corrected chi connectivity index (χ4v) is 4.91. The van der Waals surface area contributed by atoms with Crippen LogP contribution in [0.15, 0.2) is 0 Å². The molecule has 0 spiro atoms. The number of hydrogen-bond acceptors (Lipinski definition) is 1. The van der Waals surface area contributed by atoms with Crippen molar-refractivity contribution < 1.29 is 0 Å². The monoisotopic (exact) mass is 277 g/mol. The van der Waals surface area contributed by atoms with Crippen LogP contribution in [-0.2, 0) is 0 Å². The average molecular weight is 277 g/mol. The van der Waals surface area contributed by atoms with Crippen LogP contribution in [0.25, 0.3) is 0 Å². The Morgan fingerprint density at radius 2 is 1.60 bits per heavy atom. The van der Waals surface area contributed by atoms with Crippen LogP contribution in [0.4, 0.5) is 0 Å². The molecule has 0 aromatic rings. The highest BCUT2D eigenvalue weighted by Crippen LogP contribution is 2.43. The first-order chi connectivity index (χ1) is 9.86. The lowest BCUT2D eigenvalue weighted by molar-refractivity contribution is 0.106. The Morgan fingerprint density at radius 1 is 0.850 bits per heavy atom. The zero-order valence-electron chi connectivity index (χ0n) is 13.6. The molecule has 1 heteroatoms. The van der Waals surface area contributed by atoms with Crippen LogP contribution in [0.3, 0.4) is 0 Å². The molecule has 20 heavy (non-hydrogen) atoms. The Hall–Kier alpha value is -0.0400. The van der Waals surface area contributed by atoms with Crippen molar-refractivity contribution in [3.05, 3.63) is 0 Å². The van der Waals surface area contributed by atoms with E-state index in [1.54, 1.807) is 19.3 Å². The molecule has 0 aromatic carbocycles. The molecule has 0 aromatic heterocycles. The van der Waals surface area contributed by atoms with Gasteiger partial charge in [-0.05, 0) is 55.9 Å². The third-order valence-electron chi connectivity index (χ3n) is 6.49. The van der Waals surface area contributed by atoms with Gasteiger partial charge in [-0.2, -0.15) is 0 Å². The Morgan fingerprint density at radius 3 is 2.25 bits per heavy atom. The maximum absolute atomic E-state index is 3.84. The third-order valence-corrected chi connectivity index (χ3v) is 6.49. The minimum absolute atomic E-state index is 0.897. The summed E-state index contributed by atoms with van der Waals surface area (Å²) in [6, 6.07) is 0.897. The molecule has 0 bridgehead atoms. The molecular weight excluding hydrogens is 242 g/mol. The molecule has 3 unspecified atom stereocenters. The van der Waals surface area contributed by atoms with Crippen molar-refractivity contribution in [3.63, 3.8) is 0 Å². The molecule has 1 N–H and O–H groups in total. The number of hydrogen-bond donors (Lipinski definition) is 1. The van der Waals surface area contributed by atoms with Gasteiger partial charge in [-0.1, -0.05) is 58.3 Å². The fourth-order valence-electron chi connectivity index (χ4n) is 4.91. The van der Waals surface area contributed by atoms with Gasteiger partial charge in [0.2, 0.25) is 0 Å². The zero-order chi connectivity index (χ0) is 13.8. The van der Waals surface area contributed by atoms with E-state index in [9.17, 15) is 0 Å². The predicted octanol–water partition coefficient (Wildman–Crippen LogP) is 5.15. The third kappa shape index (κ3) is 4.00. The van der Waals surface area contributed by atoms with E-state index in [1.165, 1.54) is 64.3 Å². The van der Waals surface area contributed by atoms with E-state index in [0.717, 1.165) is 29.7 Å². The lowest BCUT2D eigenvalue weighted by atomic mass is 9.66. The van der Waals surface area contributed by atoms with Gasteiger partial charge in [0.05, 0.1) is 0 Å². The first kappa shape index (κ1) is 14.9. The first-order valence-corrected chi connectivity index (χ1v) is 9.60. The summed E-state index contributed by atoms with van der Waals surface area (Å²) in [4.78, 5) is 0. The van der Waals surface area contributed by atoms with Crippen LogP contribution in [0.1, 0.15) is 84.0 Å². The van der Waals surface area contributed by atoms with Gasteiger partial charge < -0.3 is 5.32 Å². The summed E-state index contributed by atoms with van der Waals surface area (Å²) in [6.07, 6.45) is 18.0. The molecule has 116 valence electrons. The summed E-state index contributed by atoms with van der Waals surface area (Å²) < 4.78 is 0. The van der Waals surface area contributed by atoms with Crippen LogP contribution in [-0.4, -0.2) is 12.6 Å². The Bertz CT molecular complexity index is 275. The number of rotatable bonds is 5. The molecule has 3 aliphatic rings. The van der Waals surface area contributed by atoms with Crippen molar-refractivity contribution in [1.29, 1.82) is 0 Å². The summed E-state index contributed by atoms with van der Waals surface area (Å²) in [5, 5.41) is 3.84. The maximum Gasteiger partial charge on any atom is 0.00683 e. The van der Waals surface area contributed by atoms with Gasteiger partial charge in [-0.15, -0.1) is 0 Å². The van der Waals surface area contributed by atoms with Crippen LogP contribution in [0.5, 0.6) is 0 Å². The lowest BCUT2D eigenvalue weighted by Gasteiger charge is -2.41. The second-order valence-corrected chi connectivity index (χ2v) is 7.95. The normalized spacial score (nSPS) is 36.8. The minimum atomic E-state index is 0.897. The first-order valence-electron chi connectivity index (χ1n) is 9.60. The second-order valence-electron chi connectivity index (χ2n) is 7.95. The van der Waals surface area contributed by atoms with Gasteiger partial charge in [-0.25, -0.2) is 0 Å². The highest BCUT2D eigenvalue weighted by atomic mass is 14.9. The molecule has 3 aliphatic carbocycles. The van der Waals surface area contributed by atoms with E-state index in [-0.39, 0.29) is 0 Å². The van der Waals surface area contributed by atoms with Gasteiger partial charge >= 0.3 is 0 Å². The highest BCUT2D eigenvalue weighted by molar-refractivity contribution is 4.89. The standard InChI is InChI=1S/C19H35N/c1-2-15-9-10-17(14-20-18-11-12-18)19(13-15)16-7-5-3-4-6-8-16/h15-20H,2-14H2,1H3. The molecule has 1 nitrogen and oxygen atoms in total. The summed E-state index contributed by atoms with van der Waals surface area (Å²) in [7, 11) is 0. The molecule has 3 saturated carbocycles. The van der Waals surface area contributed by atoms with E-state index in [2.05, 4.69) is 12.2 Å². The van der Waals surface area contributed by atoms with E-state index in [1.807, 2.05) is 0 Å². The lowest BCUT2D eigenvalue weighted by Crippen LogP contribution is -2.37. The highest BCUT2D eigenvalue weighted by Gasteiger charge is 2.35. The maximum atomic E-state index is 3.84. The molecule has 0 amide bonds. The van der Waals surface area contributed by atoms with E-state index in [0.29, 0.717) is 0 Å². The molecule has 3 rings (SSSR count). The summed E-state index contributed by atoms with van der Waals surface area (Å²) in [5.74, 6) is 4.16. The van der Waals surface area contributed by atoms with Crippen molar-refractivity contribution in [2.45, 2.75) is 90.0 Å². The van der Waals surface area contributed by atoms with Gasteiger partial charge in [0.1, 0.15) is 0 Å². The Labute approximate surface area is 126 Å². The Kier molecular flexibility index (Phi) is 5.42.